The predicted octanol–water partition coefficient (Wildman–Crippen LogP) is 3.55. The number of ether oxygens (including phenoxy) is 1. The molecule has 1 aliphatic rings. The van der Waals surface area contributed by atoms with Gasteiger partial charge in [-0.15, -0.1) is 11.3 Å². The van der Waals surface area contributed by atoms with Crippen LogP contribution < -0.4 is 9.62 Å². The van der Waals surface area contributed by atoms with Crippen molar-refractivity contribution in [3.05, 3.63) is 65.7 Å². The summed E-state index contributed by atoms with van der Waals surface area (Å²) in [5.74, 6) is 1.45. The van der Waals surface area contributed by atoms with Crippen molar-refractivity contribution in [2.75, 3.05) is 31.2 Å². The maximum absolute atomic E-state index is 12.7. The molecule has 1 aliphatic heterocycles. The summed E-state index contributed by atoms with van der Waals surface area (Å²) in [4.78, 5) is 13.2. The van der Waals surface area contributed by atoms with Crippen molar-refractivity contribution < 1.29 is 13.2 Å². The zero-order valence-corrected chi connectivity index (χ0v) is 20.3. The number of hydrogen-bond donors (Lipinski definition) is 2. The van der Waals surface area contributed by atoms with Gasteiger partial charge in [0, 0.05) is 35.5 Å². The second-order valence-corrected chi connectivity index (χ2v) is 11.1. The summed E-state index contributed by atoms with van der Waals surface area (Å²) in [6.07, 6.45) is 1.78. The van der Waals surface area contributed by atoms with Crippen LogP contribution in [-0.2, 0) is 21.3 Å². The molecule has 0 bridgehead atoms. The van der Waals surface area contributed by atoms with E-state index in [2.05, 4.69) is 19.8 Å². The fourth-order valence-corrected chi connectivity index (χ4v) is 6.34. The lowest BCUT2D eigenvalue weighted by Crippen LogP contribution is -2.36. The predicted molar refractivity (Wildman–Crippen MR) is 136 cm³/mol. The summed E-state index contributed by atoms with van der Waals surface area (Å²) in [5.41, 5.74) is 2.60. The van der Waals surface area contributed by atoms with Gasteiger partial charge in [0.1, 0.15) is 0 Å². The highest BCUT2D eigenvalue weighted by atomic mass is 32.2. The highest BCUT2D eigenvalue weighted by Gasteiger charge is 2.22. The Kier molecular flexibility index (Phi) is 5.69. The highest BCUT2D eigenvalue weighted by Crippen LogP contribution is 2.36. The monoisotopic (exact) mass is 506 g/mol. The number of anilines is 1. The first kappa shape index (κ1) is 22.1. The molecule has 11 heteroatoms. The lowest BCUT2D eigenvalue weighted by atomic mass is 10.1. The van der Waals surface area contributed by atoms with E-state index >= 15 is 0 Å². The van der Waals surface area contributed by atoms with E-state index in [0.29, 0.717) is 19.0 Å². The minimum Gasteiger partial charge on any atom is -0.378 e. The summed E-state index contributed by atoms with van der Waals surface area (Å²) in [7, 11) is -3.61. The van der Waals surface area contributed by atoms with Crippen LogP contribution in [0.2, 0.25) is 0 Å². The largest absolute Gasteiger partial charge is 0.378 e. The van der Waals surface area contributed by atoms with E-state index in [1.807, 2.05) is 24.3 Å². The number of nitrogens with one attached hydrogen (secondary N) is 2. The molecule has 2 N–H and O–H groups in total. The molecule has 0 spiro atoms. The van der Waals surface area contributed by atoms with E-state index < -0.39 is 10.0 Å². The Bertz CT molecular complexity index is 1610. The lowest BCUT2D eigenvalue weighted by Gasteiger charge is -2.28. The summed E-state index contributed by atoms with van der Waals surface area (Å²) in [5, 5.41) is 8.12. The molecule has 35 heavy (non-hydrogen) atoms. The first-order chi connectivity index (χ1) is 17.1. The van der Waals surface area contributed by atoms with Gasteiger partial charge in [0.25, 0.3) is 0 Å². The molecule has 3 aromatic heterocycles. The van der Waals surface area contributed by atoms with Gasteiger partial charge >= 0.3 is 0 Å². The molecule has 178 valence electrons. The normalized spacial score (nSPS) is 14.7. The number of thiophene rings is 1. The van der Waals surface area contributed by atoms with Crippen LogP contribution in [0.15, 0.2) is 65.7 Å². The van der Waals surface area contributed by atoms with Crippen molar-refractivity contribution in [2.24, 2.45) is 0 Å². The molecule has 1 fully saturated rings. The molecule has 2 aromatic carbocycles. The fraction of sp³-hybridized carbons (Fsp3) is 0.208. The van der Waals surface area contributed by atoms with Crippen molar-refractivity contribution >= 4 is 48.3 Å². The average Bonchev–Trinajstić information content (AvgIpc) is 3.55. The zero-order valence-electron chi connectivity index (χ0n) is 18.6. The van der Waals surface area contributed by atoms with Crippen LogP contribution in [0, 0.1) is 0 Å². The summed E-state index contributed by atoms with van der Waals surface area (Å²) in [6.45, 7) is 2.90. The molecule has 6 rings (SSSR count). The molecule has 4 heterocycles. The van der Waals surface area contributed by atoms with Gasteiger partial charge < -0.3 is 9.64 Å². The number of fused-ring (bicyclic) bond motifs is 2. The number of morpholine rings is 1. The maximum atomic E-state index is 12.7. The van der Waals surface area contributed by atoms with Gasteiger partial charge in [0.05, 0.1) is 40.0 Å². The quantitative estimate of drug-likeness (QED) is 0.362. The lowest BCUT2D eigenvalue weighted by molar-refractivity contribution is 0.122. The van der Waals surface area contributed by atoms with E-state index in [4.69, 9.17) is 14.7 Å². The van der Waals surface area contributed by atoms with Crippen LogP contribution in [0.4, 0.5) is 5.82 Å². The Hall–Kier alpha value is -3.38. The molecule has 0 aliphatic carbocycles. The van der Waals surface area contributed by atoms with Crippen LogP contribution in [0.25, 0.3) is 32.5 Å². The van der Waals surface area contributed by atoms with E-state index in [0.717, 1.165) is 50.5 Å². The second kappa shape index (κ2) is 9.00. The number of benzene rings is 2. The Balaban J connectivity index is 1.41. The van der Waals surface area contributed by atoms with Gasteiger partial charge in [-0.25, -0.2) is 23.1 Å². The molecular formula is C24H22N6O3S2. The SMILES string of the molecule is O=S(=O)(NCc1cc2nc(-c3cccc4[nH]ncc34)nc(N3CCOCC3)c2s1)c1ccccc1. The van der Waals surface area contributed by atoms with Crippen molar-refractivity contribution in [1.29, 1.82) is 0 Å². The third-order valence-corrected chi connectivity index (χ3v) is 8.47. The van der Waals surface area contributed by atoms with Crippen LogP contribution in [0.3, 0.4) is 0 Å². The minimum absolute atomic E-state index is 0.174. The van der Waals surface area contributed by atoms with Crippen LogP contribution in [0.5, 0.6) is 0 Å². The average molecular weight is 507 g/mol. The summed E-state index contributed by atoms with van der Waals surface area (Å²) < 4.78 is 34.6. The van der Waals surface area contributed by atoms with Gasteiger partial charge in [-0.2, -0.15) is 5.10 Å². The van der Waals surface area contributed by atoms with Gasteiger partial charge in [0.15, 0.2) is 11.6 Å². The van der Waals surface area contributed by atoms with E-state index in [-0.39, 0.29) is 11.4 Å². The summed E-state index contributed by atoms with van der Waals surface area (Å²) >= 11 is 1.51. The van der Waals surface area contributed by atoms with Gasteiger partial charge in [-0.1, -0.05) is 30.3 Å². The number of sulfonamides is 1. The van der Waals surface area contributed by atoms with Crippen molar-refractivity contribution in [3.63, 3.8) is 0 Å². The molecule has 9 nitrogen and oxygen atoms in total. The molecule has 0 unspecified atom stereocenters. The van der Waals surface area contributed by atoms with E-state index in [9.17, 15) is 8.42 Å². The van der Waals surface area contributed by atoms with E-state index in [1.165, 1.54) is 11.3 Å². The topological polar surface area (TPSA) is 113 Å². The van der Waals surface area contributed by atoms with Crippen LogP contribution >= 0.6 is 11.3 Å². The maximum Gasteiger partial charge on any atom is 0.240 e. The number of nitrogens with zero attached hydrogens (tertiary/aromatic N) is 4. The minimum atomic E-state index is -3.61. The molecule has 5 aromatic rings. The van der Waals surface area contributed by atoms with E-state index in [1.54, 1.807) is 36.5 Å². The molecule has 0 atom stereocenters. The van der Waals surface area contributed by atoms with Crippen molar-refractivity contribution in [2.45, 2.75) is 11.4 Å². The van der Waals surface area contributed by atoms with Gasteiger partial charge in [0.2, 0.25) is 10.0 Å². The number of H-pyrrole nitrogens is 1. The molecular weight excluding hydrogens is 484 g/mol. The highest BCUT2D eigenvalue weighted by molar-refractivity contribution is 7.89. The third-order valence-electron chi connectivity index (χ3n) is 5.93. The first-order valence-corrected chi connectivity index (χ1v) is 13.5. The molecule has 1 saturated heterocycles. The number of rotatable bonds is 6. The zero-order chi connectivity index (χ0) is 23.8. The Morgan fingerprint density at radius 1 is 1.06 bits per heavy atom. The summed E-state index contributed by atoms with van der Waals surface area (Å²) in [6, 6.07) is 16.2. The number of hydrogen-bond acceptors (Lipinski definition) is 8. The van der Waals surface area contributed by atoms with Crippen LogP contribution in [0.1, 0.15) is 4.88 Å². The standard InChI is InChI=1S/C24H22N6O3S2/c31-35(32,17-5-2-1-3-6-17)26-14-16-13-21-22(34-16)24(30-9-11-33-12-10-30)28-23(27-21)18-7-4-8-20-19(18)15-25-29-20/h1-8,13,15,26H,9-12,14H2,(H,25,29). The fourth-order valence-electron chi connectivity index (χ4n) is 4.17. The second-order valence-electron chi connectivity index (χ2n) is 8.17. The molecule has 0 amide bonds. The third kappa shape index (κ3) is 4.27. The van der Waals surface area contributed by atoms with Crippen molar-refractivity contribution in [1.82, 2.24) is 24.9 Å². The van der Waals surface area contributed by atoms with Crippen LogP contribution in [-0.4, -0.2) is 54.9 Å². The Morgan fingerprint density at radius 2 is 1.89 bits per heavy atom. The molecule has 0 saturated carbocycles. The number of aromatic amines is 1. The van der Waals surface area contributed by atoms with Gasteiger partial charge in [-0.05, 0) is 24.3 Å². The Labute approximate surface area is 205 Å². The van der Waals surface area contributed by atoms with Crippen molar-refractivity contribution in [3.8, 4) is 11.4 Å². The smallest absolute Gasteiger partial charge is 0.240 e. The van der Waals surface area contributed by atoms with Gasteiger partial charge in [-0.3, -0.25) is 5.10 Å². The first-order valence-electron chi connectivity index (χ1n) is 11.2. The molecule has 0 radical (unpaired) electrons. The Morgan fingerprint density at radius 3 is 2.71 bits per heavy atom. The number of aromatic nitrogens is 4.